The summed E-state index contributed by atoms with van der Waals surface area (Å²) in [7, 11) is 0. The minimum Gasteiger partial charge on any atom is -0.367 e. The number of anilines is 1. The summed E-state index contributed by atoms with van der Waals surface area (Å²) in [5.41, 5.74) is 1.57. The van der Waals surface area contributed by atoms with E-state index >= 15 is 0 Å². The van der Waals surface area contributed by atoms with E-state index in [1.165, 1.54) is 37.8 Å². The summed E-state index contributed by atoms with van der Waals surface area (Å²) in [6.07, 6.45) is 6.72. The van der Waals surface area contributed by atoms with Crippen LogP contribution in [0.15, 0.2) is 22.7 Å². The van der Waals surface area contributed by atoms with E-state index in [0.29, 0.717) is 5.54 Å². The van der Waals surface area contributed by atoms with Crippen LogP contribution >= 0.6 is 27.5 Å². The summed E-state index contributed by atoms with van der Waals surface area (Å²) in [6.45, 7) is 3.23. The van der Waals surface area contributed by atoms with Gasteiger partial charge < -0.3 is 10.2 Å². The zero-order valence-electron chi connectivity index (χ0n) is 11.1. The van der Waals surface area contributed by atoms with Crippen molar-refractivity contribution in [2.45, 2.75) is 37.6 Å². The van der Waals surface area contributed by atoms with Gasteiger partial charge in [-0.05, 0) is 40.9 Å². The summed E-state index contributed by atoms with van der Waals surface area (Å²) in [5.74, 6) is 0. The fraction of sp³-hybridized carbons (Fsp3) is 0.600. The molecular formula is C15H20BrClN2. The van der Waals surface area contributed by atoms with Crippen LogP contribution in [0.4, 0.5) is 5.69 Å². The highest BCUT2D eigenvalue weighted by molar-refractivity contribution is 9.10. The van der Waals surface area contributed by atoms with Crippen molar-refractivity contribution in [3.63, 3.8) is 0 Å². The van der Waals surface area contributed by atoms with Gasteiger partial charge in [-0.15, -0.1) is 0 Å². The third-order valence-corrected chi connectivity index (χ3v) is 5.83. The number of hydrogen-bond acceptors (Lipinski definition) is 2. The number of rotatable bonds is 1. The van der Waals surface area contributed by atoms with E-state index in [2.05, 4.69) is 32.2 Å². The van der Waals surface area contributed by atoms with Crippen LogP contribution in [0.25, 0.3) is 0 Å². The number of nitrogens with one attached hydrogen (secondary N) is 1. The molecule has 1 aromatic rings. The predicted octanol–water partition coefficient (Wildman–Crippen LogP) is 4.22. The number of halogens is 2. The average Bonchev–Trinajstić information content (AvgIpc) is 2.43. The Morgan fingerprint density at radius 1 is 1.21 bits per heavy atom. The molecule has 0 unspecified atom stereocenters. The molecule has 0 atom stereocenters. The van der Waals surface area contributed by atoms with Crippen molar-refractivity contribution in [1.29, 1.82) is 0 Å². The quantitative estimate of drug-likeness (QED) is 0.821. The highest BCUT2D eigenvalue weighted by Crippen LogP contribution is 2.37. The van der Waals surface area contributed by atoms with Gasteiger partial charge in [0.25, 0.3) is 0 Å². The Kier molecular flexibility index (Phi) is 4.06. The van der Waals surface area contributed by atoms with E-state index in [1.807, 2.05) is 12.1 Å². The zero-order chi connectivity index (χ0) is 13.3. The molecule has 0 aromatic heterocycles. The summed E-state index contributed by atoms with van der Waals surface area (Å²) < 4.78 is 1.03. The monoisotopic (exact) mass is 342 g/mol. The summed E-state index contributed by atoms with van der Waals surface area (Å²) in [6, 6.07) is 6.14. The van der Waals surface area contributed by atoms with Crippen LogP contribution in [0.5, 0.6) is 0 Å². The minimum atomic E-state index is 0.332. The normalized spacial score (nSPS) is 22.7. The third-order valence-electron chi connectivity index (χ3n) is 4.46. The van der Waals surface area contributed by atoms with Gasteiger partial charge in [-0.2, -0.15) is 0 Å². The van der Waals surface area contributed by atoms with Gasteiger partial charge in [0.15, 0.2) is 0 Å². The lowest BCUT2D eigenvalue weighted by atomic mass is 9.80. The molecule has 1 spiro atoms. The largest absolute Gasteiger partial charge is 0.367 e. The zero-order valence-corrected chi connectivity index (χ0v) is 13.4. The Hall–Kier alpha value is -0.250. The van der Waals surface area contributed by atoms with Crippen molar-refractivity contribution >= 4 is 33.2 Å². The van der Waals surface area contributed by atoms with Crippen LogP contribution in [0, 0.1) is 0 Å². The molecule has 1 saturated carbocycles. The van der Waals surface area contributed by atoms with Gasteiger partial charge in [-0.25, -0.2) is 0 Å². The molecule has 1 heterocycles. The summed E-state index contributed by atoms with van der Waals surface area (Å²) in [4.78, 5) is 2.48. The van der Waals surface area contributed by atoms with Crippen molar-refractivity contribution in [2.75, 3.05) is 24.5 Å². The maximum atomic E-state index is 6.22. The van der Waals surface area contributed by atoms with Gasteiger partial charge in [0.1, 0.15) is 0 Å². The molecule has 2 fully saturated rings. The molecule has 19 heavy (non-hydrogen) atoms. The summed E-state index contributed by atoms with van der Waals surface area (Å²) in [5, 5.41) is 4.58. The molecule has 0 radical (unpaired) electrons. The minimum absolute atomic E-state index is 0.332. The number of nitrogens with zero attached hydrogens (tertiary/aromatic N) is 1. The first-order valence-electron chi connectivity index (χ1n) is 7.14. The second-order valence-electron chi connectivity index (χ2n) is 5.76. The molecular weight excluding hydrogens is 324 g/mol. The molecule has 1 aromatic carbocycles. The molecule has 2 nitrogen and oxygen atoms in total. The Morgan fingerprint density at radius 3 is 2.79 bits per heavy atom. The average molecular weight is 344 g/mol. The van der Waals surface area contributed by atoms with E-state index in [9.17, 15) is 0 Å². The number of benzene rings is 1. The molecule has 104 valence electrons. The van der Waals surface area contributed by atoms with E-state index in [1.54, 1.807) is 0 Å². The third kappa shape index (κ3) is 2.79. The lowest BCUT2D eigenvalue weighted by Gasteiger charge is -2.47. The summed E-state index contributed by atoms with van der Waals surface area (Å²) >= 11 is 9.86. The number of piperazine rings is 1. The van der Waals surface area contributed by atoms with Crippen LogP contribution in [0.2, 0.25) is 5.02 Å². The Balaban J connectivity index is 1.83. The van der Waals surface area contributed by atoms with E-state index in [4.69, 9.17) is 11.6 Å². The van der Waals surface area contributed by atoms with Crippen molar-refractivity contribution in [3.8, 4) is 0 Å². The van der Waals surface area contributed by atoms with Gasteiger partial charge in [0.2, 0.25) is 0 Å². The van der Waals surface area contributed by atoms with E-state index in [0.717, 1.165) is 29.1 Å². The topological polar surface area (TPSA) is 15.3 Å². The Bertz CT molecular complexity index is 452. The molecule has 0 bridgehead atoms. The molecule has 4 heteroatoms. The fourth-order valence-corrected chi connectivity index (χ4v) is 4.15. The molecule has 1 saturated heterocycles. The second-order valence-corrected chi connectivity index (χ2v) is 6.96. The predicted molar refractivity (Wildman–Crippen MR) is 85.2 cm³/mol. The molecule has 1 aliphatic heterocycles. The van der Waals surface area contributed by atoms with Crippen molar-refractivity contribution in [2.24, 2.45) is 0 Å². The fourth-order valence-electron chi connectivity index (χ4n) is 3.46. The lowest BCUT2D eigenvalue weighted by molar-refractivity contribution is 0.216. The first kappa shape index (κ1) is 13.7. The second kappa shape index (κ2) is 5.63. The highest BCUT2D eigenvalue weighted by Gasteiger charge is 2.36. The van der Waals surface area contributed by atoms with Gasteiger partial charge in [0, 0.05) is 25.2 Å². The van der Waals surface area contributed by atoms with Crippen LogP contribution in [-0.4, -0.2) is 25.2 Å². The molecule has 1 N–H and O–H groups in total. The van der Waals surface area contributed by atoms with Crippen molar-refractivity contribution in [1.82, 2.24) is 5.32 Å². The lowest BCUT2D eigenvalue weighted by Crippen LogP contribution is -2.61. The molecule has 0 amide bonds. The van der Waals surface area contributed by atoms with E-state index in [-0.39, 0.29) is 0 Å². The van der Waals surface area contributed by atoms with E-state index < -0.39 is 0 Å². The van der Waals surface area contributed by atoms with Crippen LogP contribution < -0.4 is 10.2 Å². The van der Waals surface area contributed by atoms with Crippen molar-refractivity contribution in [3.05, 3.63) is 27.7 Å². The Morgan fingerprint density at radius 2 is 2.00 bits per heavy atom. The smallest absolute Gasteiger partial charge is 0.0595 e. The van der Waals surface area contributed by atoms with Gasteiger partial charge >= 0.3 is 0 Å². The van der Waals surface area contributed by atoms with Gasteiger partial charge in [0.05, 0.1) is 15.2 Å². The van der Waals surface area contributed by atoms with Gasteiger partial charge in [-0.1, -0.05) is 36.9 Å². The van der Waals surface area contributed by atoms with Crippen LogP contribution in [-0.2, 0) is 0 Å². The molecule has 3 rings (SSSR count). The maximum absolute atomic E-state index is 6.22. The van der Waals surface area contributed by atoms with Crippen LogP contribution in [0.3, 0.4) is 0 Å². The molecule has 2 aliphatic rings. The highest BCUT2D eigenvalue weighted by atomic mass is 79.9. The Labute approximate surface area is 128 Å². The first-order valence-corrected chi connectivity index (χ1v) is 8.31. The molecule has 1 aliphatic carbocycles. The SMILES string of the molecule is Clc1cccc(N2CCNC3(CCCCC3)C2)c1Br. The number of hydrogen-bond donors (Lipinski definition) is 1. The van der Waals surface area contributed by atoms with Crippen LogP contribution in [0.1, 0.15) is 32.1 Å². The first-order chi connectivity index (χ1) is 9.20. The van der Waals surface area contributed by atoms with Gasteiger partial charge in [-0.3, -0.25) is 0 Å². The standard InChI is InChI=1S/C15H20BrClN2/c16-14-12(17)5-4-6-13(14)19-10-9-18-15(11-19)7-2-1-3-8-15/h4-6,18H,1-3,7-11H2. The maximum Gasteiger partial charge on any atom is 0.0595 e. The van der Waals surface area contributed by atoms with Crippen molar-refractivity contribution < 1.29 is 0 Å².